The van der Waals surface area contributed by atoms with Gasteiger partial charge in [-0.3, -0.25) is 0 Å². The van der Waals surface area contributed by atoms with Gasteiger partial charge in [0.2, 0.25) is 0 Å². The summed E-state index contributed by atoms with van der Waals surface area (Å²) in [7, 11) is 0. The van der Waals surface area contributed by atoms with Gasteiger partial charge in [-0.1, -0.05) is 361 Å². The molecule has 0 aromatic heterocycles. The van der Waals surface area contributed by atoms with Crippen molar-refractivity contribution in [3.05, 3.63) is 294 Å². The quantitative estimate of drug-likeness (QED) is 0.133. The summed E-state index contributed by atoms with van der Waals surface area (Å²) in [6, 6.07) is 101. The summed E-state index contributed by atoms with van der Waals surface area (Å²) in [5.41, 5.74) is 34.6. The van der Waals surface area contributed by atoms with Crippen molar-refractivity contribution >= 4 is 57.2 Å². The summed E-state index contributed by atoms with van der Waals surface area (Å²) in [6.07, 6.45) is 0. The second kappa shape index (κ2) is 24.6. The van der Waals surface area contributed by atoms with Gasteiger partial charge >= 0.3 is 0 Å². The first-order valence-electron chi connectivity index (χ1n) is 35.9. The van der Waals surface area contributed by atoms with Gasteiger partial charge in [0.25, 0.3) is 6.71 Å². The lowest BCUT2D eigenvalue weighted by Crippen LogP contribution is -2.61. The van der Waals surface area contributed by atoms with Crippen molar-refractivity contribution in [1.82, 2.24) is 0 Å². The molecule has 0 spiro atoms. The van der Waals surface area contributed by atoms with Crippen LogP contribution in [0.15, 0.2) is 261 Å². The highest BCUT2D eigenvalue weighted by molar-refractivity contribution is 7.00. The van der Waals surface area contributed by atoms with Crippen LogP contribution < -0.4 is 26.2 Å². The number of hydrogen-bond acceptors (Lipinski definition) is 2. The van der Waals surface area contributed by atoms with Crippen LogP contribution in [0, 0.1) is 0 Å². The molecule has 14 rings (SSSR count). The number of benzene rings is 12. The van der Waals surface area contributed by atoms with E-state index >= 15 is 0 Å². The molecule has 0 saturated heterocycles. The van der Waals surface area contributed by atoms with Gasteiger partial charge in [0.05, 0.1) is 11.4 Å². The van der Waals surface area contributed by atoms with Gasteiger partial charge < -0.3 is 9.80 Å². The number of rotatable bonds is 9. The molecule has 0 amide bonds. The molecule has 0 bridgehead atoms. The maximum absolute atomic E-state index is 2.71. The predicted molar refractivity (Wildman–Crippen MR) is 431 cm³/mol. The van der Waals surface area contributed by atoms with Crippen LogP contribution in [0.25, 0.3) is 77.9 Å². The van der Waals surface area contributed by atoms with Gasteiger partial charge in [0.1, 0.15) is 0 Å². The van der Waals surface area contributed by atoms with Crippen molar-refractivity contribution in [3.8, 4) is 77.9 Å². The molecule has 3 heteroatoms. The summed E-state index contributed by atoms with van der Waals surface area (Å²) in [4.78, 5) is 5.43. The highest BCUT2D eigenvalue weighted by Crippen LogP contribution is 2.55. The minimum atomic E-state index is -0.249. The standard InChI is InChI=1S/C96H97BN2/c1-91(2,3)71-47-48-76(81(61-71)96(16,17)18)70-57-86-88-87(58-70)99(90-79(64-37-27-21-28-38-64)43-32-44-80(90)65-39-29-22-30-40-65)85-50-46-67(69-53-74(94(10,11)12)60-75(54-69)95(13,14)15)56-83(85)97(88)82-55-66(68-51-72(92(4,5)6)59-73(52-68)93(7,8)9)45-49-84(82)98(86)89-77(62-33-23-19-24-34-62)41-31-42-78(89)63-35-25-20-26-36-63/h19-61H,1-18H3. The molecule has 12 aromatic carbocycles. The number of para-hydroxylation sites is 2. The van der Waals surface area contributed by atoms with Crippen molar-refractivity contribution in [3.63, 3.8) is 0 Å². The van der Waals surface area contributed by atoms with E-state index in [1.165, 1.54) is 83.1 Å². The lowest BCUT2D eigenvalue weighted by atomic mass is 9.33. The van der Waals surface area contributed by atoms with Gasteiger partial charge in [-0.2, -0.15) is 0 Å². The molecule has 99 heavy (non-hydrogen) atoms. The maximum atomic E-state index is 2.71. The fourth-order valence-electron chi connectivity index (χ4n) is 15.2. The van der Waals surface area contributed by atoms with Crippen molar-refractivity contribution in [1.29, 1.82) is 0 Å². The molecule has 2 nitrogen and oxygen atoms in total. The van der Waals surface area contributed by atoms with Crippen LogP contribution in [0.5, 0.6) is 0 Å². The average Bonchev–Trinajstić information content (AvgIpc) is 0.687. The van der Waals surface area contributed by atoms with Crippen molar-refractivity contribution in [2.45, 2.75) is 157 Å². The zero-order valence-corrected chi connectivity index (χ0v) is 61.8. The average molecular weight is 1290 g/mol. The normalized spacial score (nSPS) is 13.3. The highest BCUT2D eigenvalue weighted by atomic mass is 15.2. The van der Waals surface area contributed by atoms with Gasteiger partial charge in [0.15, 0.2) is 0 Å². The Morgan fingerprint density at radius 3 is 0.838 bits per heavy atom. The predicted octanol–water partition coefficient (Wildman–Crippen LogP) is 25.2. The molecular formula is C96H97BN2. The van der Waals surface area contributed by atoms with E-state index in [9.17, 15) is 0 Å². The van der Waals surface area contributed by atoms with Gasteiger partial charge in [-0.05, 0) is 162 Å². The van der Waals surface area contributed by atoms with Crippen LogP contribution in [0.2, 0.25) is 0 Å². The summed E-state index contributed by atoms with van der Waals surface area (Å²) < 4.78 is 0. The van der Waals surface area contributed by atoms with Crippen molar-refractivity contribution in [2.75, 3.05) is 9.80 Å². The Kier molecular flexibility index (Phi) is 16.6. The summed E-state index contributed by atoms with van der Waals surface area (Å²) in [5, 5.41) is 0. The molecule has 0 saturated carbocycles. The molecule has 2 aliphatic heterocycles. The topological polar surface area (TPSA) is 6.48 Å². The number of hydrogen-bond donors (Lipinski definition) is 0. The second-order valence-corrected chi connectivity index (χ2v) is 34.3. The molecule has 0 radical (unpaired) electrons. The Balaban J connectivity index is 1.21. The Hall–Kier alpha value is -9.70. The van der Waals surface area contributed by atoms with E-state index in [0.717, 1.165) is 78.6 Å². The van der Waals surface area contributed by atoms with E-state index in [0.29, 0.717) is 0 Å². The zero-order chi connectivity index (χ0) is 69.9. The van der Waals surface area contributed by atoms with Crippen LogP contribution in [-0.2, 0) is 32.5 Å². The monoisotopic (exact) mass is 1290 g/mol. The molecule has 0 fully saturated rings. The molecule has 2 aliphatic rings. The largest absolute Gasteiger partial charge is 0.310 e. The minimum Gasteiger partial charge on any atom is -0.310 e. The van der Waals surface area contributed by atoms with Crippen LogP contribution in [0.3, 0.4) is 0 Å². The molecular weight excluding hydrogens is 1190 g/mol. The van der Waals surface area contributed by atoms with Crippen LogP contribution in [0.1, 0.15) is 158 Å². The van der Waals surface area contributed by atoms with Crippen molar-refractivity contribution < 1.29 is 0 Å². The smallest absolute Gasteiger partial charge is 0.252 e. The fraction of sp³-hybridized carbons (Fsp3) is 0.250. The number of fused-ring (bicyclic) bond motifs is 4. The Morgan fingerprint density at radius 1 is 0.212 bits per heavy atom. The van der Waals surface area contributed by atoms with Crippen LogP contribution in [-0.4, -0.2) is 6.71 Å². The van der Waals surface area contributed by atoms with Crippen LogP contribution >= 0.6 is 0 Å². The third kappa shape index (κ3) is 12.5. The summed E-state index contributed by atoms with van der Waals surface area (Å²) in [5.74, 6) is 0. The lowest BCUT2D eigenvalue weighted by Gasteiger charge is -2.46. The highest BCUT2D eigenvalue weighted by Gasteiger charge is 2.46. The van der Waals surface area contributed by atoms with E-state index < -0.39 is 0 Å². The van der Waals surface area contributed by atoms with E-state index in [2.05, 4.69) is 395 Å². The molecule has 0 aliphatic carbocycles. The first kappa shape index (κ1) is 66.5. The molecule has 12 aromatic rings. The third-order valence-electron chi connectivity index (χ3n) is 20.9. The fourth-order valence-corrected chi connectivity index (χ4v) is 15.2. The van der Waals surface area contributed by atoms with Gasteiger partial charge in [-0.15, -0.1) is 0 Å². The van der Waals surface area contributed by atoms with E-state index in [1.54, 1.807) is 0 Å². The minimum absolute atomic E-state index is 0.0684. The third-order valence-corrected chi connectivity index (χ3v) is 20.9. The van der Waals surface area contributed by atoms with E-state index in [4.69, 9.17) is 0 Å². The van der Waals surface area contributed by atoms with Gasteiger partial charge in [0, 0.05) is 45.0 Å². The Bertz CT molecular complexity index is 4590. The Labute approximate surface area is 592 Å². The molecule has 2 heterocycles. The summed E-state index contributed by atoms with van der Waals surface area (Å²) in [6.45, 7) is 42.3. The van der Waals surface area contributed by atoms with E-state index in [1.807, 2.05) is 0 Å². The molecule has 0 unspecified atom stereocenters. The molecule has 0 atom stereocenters. The first-order chi connectivity index (χ1) is 46.9. The van der Waals surface area contributed by atoms with E-state index in [-0.39, 0.29) is 39.2 Å². The lowest BCUT2D eigenvalue weighted by molar-refractivity contribution is 0.568. The Morgan fingerprint density at radius 2 is 0.535 bits per heavy atom. The van der Waals surface area contributed by atoms with Crippen molar-refractivity contribution in [2.24, 2.45) is 0 Å². The van der Waals surface area contributed by atoms with Crippen LogP contribution in [0.4, 0.5) is 34.1 Å². The number of nitrogens with zero attached hydrogens (tertiary/aromatic N) is 2. The SMILES string of the molecule is CC(C)(C)c1cc(-c2ccc3c(c2)B2c4cc(-c5cc(C(C)(C)C)cc(C(C)(C)C)c5)ccc4N(c4c(-c5ccccc5)cccc4-c4ccccc4)c4cc(-c5ccc(C(C)(C)C)cc5C(C)(C)C)cc(c42)N3c2c(-c3ccccc3)cccc2-c2ccccc2)cc(C(C)(C)C)c1. The maximum Gasteiger partial charge on any atom is 0.252 e. The second-order valence-electron chi connectivity index (χ2n) is 34.3. The first-order valence-corrected chi connectivity index (χ1v) is 35.9. The zero-order valence-electron chi connectivity index (χ0n) is 61.8. The number of anilines is 6. The molecule has 0 N–H and O–H groups in total. The summed E-state index contributed by atoms with van der Waals surface area (Å²) >= 11 is 0. The van der Waals surface area contributed by atoms with Gasteiger partial charge in [-0.25, -0.2) is 0 Å². The molecule has 494 valence electrons.